The summed E-state index contributed by atoms with van der Waals surface area (Å²) in [5.74, 6) is -0.199. The van der Waals surface area contributed by atoms with Gasteiger partial charge in [0, 0.05) is 13.1 Å². The second-order valence-electron chi connectivity index (χ2n) is 3.16. The molecule has 1 aromatic carbocycles. The first-order chi connectivity index (χ1) is 7.22. The Bertz CT molecular complexity index is 311. The standard InChI is InChI=1S/C11H15FN2S/c1-2-13-11(15)14-8-7-9-3-5-10(12)6-4-9/h3-6H,2,7-8H2,1H3,(H2,13,14,15). The first-order valence-corrected chi connectivity index (χ1v) is 5.39. The van der Waals surface area contributed by atoms with Crippen LogP contribution in [0.2, 0.25) is 0 Å². The van der Waals surface area contributed by atoms with Crippen LogP contribution in [-0.2, 0) is 6.42 Å². The Morgan fingerprint density at radius 3 is 2.53 bits per heavy atom. The lowest BCUT2D eigenvalue weighted by atomic mass is 10.1. The molecule has 15 heavy (non-hydrogen) atoms. The van der Waals surface area contributed by atoms with E-state index in [2.05, 4.69) is 10.6 Å². The van der Waals surface area contributed by atoms with E-state index in [-0.39, 0.29) is 5.82 Å². The summed E-state index contributed by atoms with van der Waals surface area (Å²) in [5.41, 5.74) is 1.10. The third-order valence-corrected chi connectivity index (χ3v) is 2.24. The Morgan fingerprint density at radius 2 is 1.93 bits per heavy atom. The summed E-state index contributed by atoms with van der Waals surface area (Å²) in [6.45, 7) is 3.58. The van der Waals surface area contributed by atoms with Crippen molar-refractivity contribution in [2.24, 2.45) is 0 Å². The maximum Gasteiger partial charge on any atom is 0.166 e. The van der Waals surface area contributed by atoms with E-state index in [0.29, 0.717) is 5.11 Å². The fourth-order valence-corrected chi connectivity index (χ4v) is 1.44. The third-order valence-electron chi connectivity index (χ3n) is 1.95. The van der Waals surface area contributed by atoms with Crippen molar-refractivity contribution in [2.75, 3.05) is 13.1 Å². The van der Waals surface area contributed by atoms with Crippen LogP contribution in [0.25, 0.3) is 0 Å². The normalized spacial score (nSPS) is 9.73. The zero-order chi connectivity index (χ0) is 11.1. The van der Waals surface area contributed by atoms with Gasteiger partial charge in [-0.1, -0.05) is 12.1 Å². The van der Waals surface area contributed by atoms with Gasteiger partial charge < -0.3 is 10.6 Å². The van der Waals surface area contributed by atoms with Crippen molar-refractivity contribution >= 4 is 17.3 Å². The molecular formula is C11H15FN2S. The molecule has 0 amide bonds. The minimum atomic E-state index is -0.199. The van der Waals surface area contributed by atoms with Crippen molar-refractivity contribution in [2.45, 2.75) is 13.3 Å². The summed E-state index contributed by atoms with van der Waals surface area (Å²) in [6, 6.07) is 6.51. The molecule has 0 spiro atoms. The highest BCUT2D eigenvalue weighted by Gasteiger charge is 1.95. The molecular weight excluding hydrogens is 211 g/mol. The Kier molecular flexibility index (Phi) is 5.04. The van der Waals surface area contributed by atoms with Gasteiger partial charge in [0.2, 0.25) is 0 Å². The number of benzene rings is 1. The first kappa shape index (κ1) is 11.9. The quantitative estimate of drug-likeness (QED) is 0.766. The monoisotopic (exact) mass is 226 g/mol. The zero-order valence-corrected chi connectivity index (χ0v) is 9.53. The highest BCUT2D eigenvalue weighted by atomic mass is 32.1. The lowest BCUT2D eigenvalue weighted by Crippen LogP contribution is -2.36. The molecule has 0 saturated carbocycles. The van der Waals surface area contributed by atoms with Crippen molar-refractivity contribution in [1.82, 2.24) is 10.6 Å². The summed E-state index contributed by atoms with van der Waals surface area (Å²) in [5, 5.41) is 6.74. The van der Waals surface area contributed by atoms with Crippen LogP contribution in [0.5, 0.6) is 0 Å². The molecule has 0 saturated heterocycles. The zero-order valence-electron chi connectivity index (χ0n) is 8.72. The Balaban J connectivity index is 2.26. The van der Waals surface area contributed by atoms with Crippen LogP contribution in [0.4, 0.5) is 4.39 Å². The van der Waals surface area contributed by atoms with E-state index >= 15 is 0 Å². The molecule has 0 unspecified atom stereocenters. The molecule has 1 rings (SSSR count). The minimum absolute atomic E-state index is 0.199. The number of nitrogens with one attached hydrogen (secondary N) is 2. The first-order valence-electron chi connectivity index (χ1n) is 4.98. The number of hydrogen-bond donors (Lipinski definition) is 2. The maximum absolute atomic E-state index is 12.6. The molecule has 0 aromatic heterocycles. The third kappa shape index (κ3) is 4.74. The van der Waals surface area contributed by atoms with Gasteiger partial charge in [0.15, 0.2) is 5.11 Å². The molecule has 0 atom stereocenters. The SMILES string of the molecule is CCNC(=S)NCCc1ccc(F)cc1. The molecule has 0 fully saturated rings. The molecule has 0 aliphatic heterocycles. The predicted octanol–water partition coefficient (Wildman–Crippen LogP) is 1.85. The Hall–Kier alpha value is -1.16. The van der Waals surface area contributed by atoms with Crippen molar-refractivity contribution < 1.29 is 4.39 Å². The van der Waals surface area contributed by atoms with Gasteiger partial charge in [-0.2, -0.15) is 0 Å². The van der Waals surface area contributed by atoms with Crippen LogP contribution in [-0.4, -0.2) is 18.2 Å². The molecule has 0 aliphatic carbocycles. The summed E-state index contributed by atoms with van der Waals surface area (Å²) in [6.07, 6.45) is 0.839. The van der Waals surface area contributed by atoms with Gasteiger partial charge in [-0.15, -0.1) is 0 Å². The number of thiocarbonyl (C=S) groups is 1. The average molecular weight is 226 g/mol. The molecule has 82 valence electrons. The van der Waals surface area contributed by atoms with E-state index in [0.717, 1.165) is 25.1 Å². The largest absolute Gasteiger partial charge is 0.363 e. The summed E-state index contributed by atoms with van der Waals surface area (Å²) in [7, 11) is 0. The highest BCUT2D eigenvalue weighted by Crippen LogP contribution is 2.02. The van der Waals surface area contributed by atoms with Crippen molar-refractivity contribution in [3.63, 3.8) is 0 Å². The van der Waals surface area contributed by atoms with Gasteiger partial charge in [-0.05, 0) is 43.3 Å². The van der Waals surface area contributed by atoms with E-state index in [1.54, 1.807) is 12.1 Å². The van der Waals surface area contributed by atoms with Crippen molar-refractivity contribution in [1.29, 1.82) is 0 Å². The predicted molar refractivity (Wildman–Crippen MR) is 64.4 cm³/mol. The van der Waals surface area contributed by atoms with Gasteiger partial charge in [-0.3, -0.25) is 0 Å². The van der Waals surface area contributed by atoms with Crippen molar-refractivity contribution in [3.05, 3.63) is 35.6 Å². The van der Waals surface area contributed by atoms with Gasteiger partial charge in [0.25, 0.3) is 0 Å². The fourth-order valence-electron chi connectivity index (χ4n) is 1.19. The van der Waals surface area contributed by atoms with Gasteiger partial charge in [0.1, 0.15) is 5.82 Å². The second-order valence-corrected chi connectivity index (χ2v) is 3.57. The van der Waals surface area contributed by atoms with Crippen LogP contribution in [0.1, 0.15) is 12.5 Å². The van der Waals surface area contributed by atoms with Crippen LogP contribution in [0, 0.1) is 5.82 Å². The molecule has 2 nitrogen and oxygen atoms in total. The Morgan fingerprint density at radius 1 is 1.27 bits per heavy atom. The lowest BCUT2D eigenvalue weighted by molar-refractivity contribution is 0.627. The second kappa shape index (κ2) is 6.35. The van der Waals surface area contributed by atoms with Crippen LogP contribution in [0.3, 0.4) is 0 Å². The molecule has 2 N–H and O–H groups in total. The smallest absolute Gasteiger partial charge is 0.166 e. The molecule has 0 bridgehead atoms. The van der Waals surface area contributed by atoms with E-state index < -0.39 is 0 Å². The van der Waals surface area contributed by atoms with Gasteiger partial charge >= 0.3 is 0 Å². The van der Waals surface area contributed by atoms with Crippen LogP contribution >= 0.6 is 12.2 Å². The number of halogens is 1. The average Bonchev–Trinajstić information content (AvgIpc) is 2.21. The summed E-state index contributed by atoms with van der Waals surface area (Å²) >= 11 is 5.01. The van der Waals surface area contributed by atoms with E-state index in [4.69, 9.17) is 12.2 Å². The molecule has 1 aromatic rings. The molecule has 4 heteroatoms. The van der Waals surface area contributed by atoms with E-state index in [1.165, 1.54) is 12.1 Å². The maximum atomic E-state index is 12.6. The Labute approximate surface area is 94.9 Å². The van der Waals surface area contributed by atoms with Gasteiger partial charge in [-0.25, -0.2) is 4.39 Å². The number of hydrogen-bond acceptors (Lipinski definition) is 1. The lowest BCUT2D eigenvalue weighted by Gasteiger charge is -2.08. The van der Waals surface area contributed by atoms with Crippen LogP contribution < -0.4 is 10.6 Å². The van der Waals surface area contributed by atoms with Crippen LogP contribution in [0.15, 0.2) is 24.3 Å². The number of rotatable bonds is 4. The topological polar surface area (TPSA) is 24.1 Å². The fraction of sp³-hybridized carbons (Fsp3) is 0.364. The summed E-state index contributed by atoms with van der Waals surface area (Å²) in [4.78, 5) is 0. The minimum Gasteiger partial charge on any atom is -0.363 e. The molecule has 0 aliphatic rings. The molecule has 0 heterocycles. The summed E-state index contributed by atoms with van der Waals surface area (Å²) < 4.78 is 12.6. The highest BCUT2D eigenvalue weighted by molar-refractivity contribution is 7.80. The van der Waals surface area contributed by atoms with Crippen molar-refractivity contribution in [3.8, 4) is 0 Å². The van der Waals surface area contributed by atoms with E-state index in [9.17, 15) is 4.39 Å². The van der Waals surface area contributed by atoms with Gasteiger partial charge in [0.05, 0.1) is 0 Å². The molecule has 0 radical (unpaired) electrons. The van der Waals surface area contributed by atoms with E-state index in [1.807, 2.05) is 6.92 Å².